The number of halogens is 6. The highest BCUT2D eigenvalue weighted by Crippen LogP contribution is 2.49. The summed E-state index contributed by atoms with van der Waals surface area (Å²) in [7, 11) is 0. The number of amides is 1. The maximum absolute atomic E-state index is 12.8. The molecular formula is C15H13F6NO2. The lowest BCUT2D eigenvalue weighted by Gasteiger charge is -2.37. The van der Waals surface area contributed by atoms with E-state index in [1.165, 1.54) is 0 Å². The molecule has 24 heavy (non-hydrogen) atoms. The third kappa shape index (κ3) is 3.16. The predicted molar refractivity (Wildman–Crippen MR) is 71.6 cm³/mol. The van der Waals surface area contributed by atoms with Crippen molar-refractivity contribution in [2.75, 3.05) is 11.4 Å². The van der Waals surface area contributed by atoms with Crippen LogP contribution in [0.2, 0.25) is 0 Å². The van der Waals surface area contributed by atoms with Gasteiger partial charge in [0.15, 0.2) is 0 Å². The number of carbonyl (C=O) groups excluding carboxylic acids is 1. The second kappa shape index (κ2) is 5.56. The van der Waals surface area contributed by atoms with Gasteiger partial charge in [-0.25, -0.2) is 0 Å². The van der Waals surface area contributed by atoms with Gasteiger partial charge in [0.1, 0.15) is 5.75 Å². The van der Waals surface area contributed by atoms with E-state index in [0.717, 1.165) is 24.6 Å². The molecule has 132 valence electrons. The van der Waals surface area contributed by atoms with E-state index >= 15 is 0 Å². The van der Waals surface area contributed by atoms with Crippen LogP contribution < -0.4 is 9.64 Å². The molecule has 1 aromatic rings. The summed E-state index contributed by atoms with van der Waals surface area (Å²) in [6.45, 7) is -0.0739. The fraction of sp³-hybridized carbons (Fsp3) is 0.533. The molecule has 0 radical (unpaired) electrons. The molecule has 1 heterocycles. The highest BCUT2D eigenvalue weighted by atomic mass is 19.4. The van der Waals surface area contributed by atoms with Gasteiger partial charge >= 0.3 is 18.4 Å². The molecule has 0 saturated heterocycles. The van der Waals surface area contributed by atoms with Crippen LogP contribution in [-0.2, 0) is 4.79 Å². The third-order valence-electron chi connectivity index (χ3n) is 4.49. The highest BCUT2D eigenvalue weighted by Gasteiger charge is 2.48. The maximum Gasteiger partial charge on any atom is 0.573 e. The van der Waals surface area contributed by atoms with Crippen LogP contribution >= 0.6 is 0 Å². The standard InChI is InChI=1S/C15H13F6NO2/c16-14(17,18)13(23)22-7-8-2-1-3-10(8)11-6-9(4-5-12(11)22)24-15(19,20)21/h4-6,8,10H,1-3,7H2. The molecule has 9 heteroatoms. The summed E-state index contributed by atoms with van der Waals surface area (Å²) in [5.41, 5.74) is 0.318. The van der Waals surface area contributed by atoms with E-state index in [1.54, 1.807) is 0 Å². The smallest absolute Gasteiger partial charge is 0.406 e. The van der Waals surface area contributed by atoms with Gasteiger partial charge in [-0.2, -0.15) is 13.2 Å². The lowest BCUT2D eigenvalue weighted by Crippen LogP contribution is -2.46. The summed E-state index contributed by atoms with van der Waals surface area (Å²) >= 11 is 0. The van der Waals surface area contributed by atoms with E-state index in [-0.39, 0.29) is 24.1 Å². The molecule has 1 saturated carbocycles. The molecule has 2 unspecified atom stereocenters. The fourth-order valence-corrected chi connectivity index (χ4v) is 3.62. The van der Waals surface area contributed by atoms with Gasteiger partial charge in [0.25, 0.3) is 0 Å². The Balaban J connectivity index is 2.02. The summed E-state index contributed by atoms with van der Waals surface area (Å²) in [5.74, 6) is -2.84. The molecule has 1 aliphatic heterocycles. The summed E-state index contributed by atoms with van der Waals surface area (Å²) < 4.78 is 79.4. The second-order valence-corrected chi connectivity index (χ2v) is 5.98. The number of hydrogen-bond donors (Lipinski definition) is 0. The molecule has 0 spiro atoms. The molecule has 2 aliphatic rings. The quantitative estimate of drug-likeness (QED) is 0.702. The lowest BCUT2D eigenvalue weighted by atomic mass is 9.83. The minimum atomic E-state index is -5.04. The number of fused-ring (bicyclic) bond motifs is 3. The van der Waals surface area contributed by atoms with E-state index in [2.05, 4.69) is 4.74 Å². The first-order valence-electron chi connectivity index (χ1n) is 7.34. The van der Waals surface area contributed by atoms with Gasteiger partial charge in [-0.15, -0.1) is 13.2 Å². The van der Waals surface area contributed by atoms with Gasteiger partial charge < -0.3 is 9.64 Å². The molecule has 3 nitrogen and oxygen atoms in total. The summed E-state index contributed by atoms with van der Waals surface area (Å²) in [6, 6.07) is 3.12. The van der Waals surface area contributed by atoms with Crippen LogP contribution in [0.1, 0.15) is 30.7 Å². The molecule has 1 aliphatic carbocycles. The van der Waals surface area contributed by atoms with Crippen molar-refractivity contribution < 1.29 is 35.9 Å². The maximum atomic E-state index is 12.8. The Morgan fingerprint density at radius 1 is 1.12 bits per heavy atom. The first-order valence-corrected chi connectivity index (χ1v) is 7.34. The van der Waals surface area contributed by atoms with Crippen LogP contribution in [0.5, 0.6) is 5.75 Å². The fourth-order valence-electron chi connectivity index (χ4n) is 3.62. The van der Waals surface area contributed by atoms with Crippen LogP contribution in [0.15, 0.2) is 18.2 Å². The predicted octanol–water partition coefficient (Wildman–Crippen LogP) is 4.38. The van der Waals surface area contributed by atoms with E-state index in [9.17, 15) is 31.1 Å². The van der Waals surface area contributed by atoms with Crippen LogP contribution in [-0.4, -0.2) is 25.0 Å². The van der Waals surface area contributed by atoms with Crippen LogP contribution in [0.4, 0.5) is 32.0 Å². The zero-order valence-electron chi connectivity index (χ0n) is 12.2. The molecule has 1 aromatic carbocycles. The van der Waals surface area contributed by atoms with Crippen molar-refractivity contribution in [3.05, 3.63) is 23.8 Å². The molecule has 0 bridgehead atoms. The monoisotopic (exact) mass is 353 g/mol. The minimum Gasteiger partial charge on any atom is -0.406 e. The molecule has 0 N–H and O–H groups in total. The van der Waals surface area contributed by atoms with Gasteiger partial charge in [0.2, 0.25) is 0 Å². The van der Waals surface area contributed by atoms with E-state index in [4.69, 9.17) is 0 Å². The normalized spacial score (nSPS) is 23.7. The Morgan fingerprint density at radius 3 is 2.46 bits per heavy atom. The van der Waals surface area contributed by atoms with Crippen LogP contribution in [0, 0.1) is 5.92 Å². The average molecular weight is 353 g/mol. The Hall–Kier alpha value is -1.93. The highest BCUT2D eigenvalue weighted by molar-refractivity contribution is 5.98. The van der Waals surface area contributed by atoms with Crippen molar-refractivity contribution >= 4 is 11.6 Å². The molecule has 0 aromatic heterocycles. The van der Waals surface area contributed by atoms with Crippen molar-refractivity contribution in [3.63, 3.8) is 0 Å². The Kier molecular flexibility index (Phi) is 3.92. The number of carbonyl (C=O) groups is 1. The first kappa shape index (κ1) is 16.9. The largest absolute Gasteiger partial charge is 0.573 e. The Bertz CT molecular complexity index is 654. The van der Waals surface area contributed by atoms with Gasteiger partial charge in [-0.3, -0.25) is 4.79 Å². The first-order chi connectivity index (χ1) is 11.1. The summed E-state index contributed by atoms with van der Waals surface area (Å²) in [5, 5.41) is 0. The van der Waals surface area contributed by atoms with Crippen molar-refractivity contribution in [2.24, 2.45) is 5.92 Å². The number of anilines is 1. The lowest BCUT2D eigenvalue weighted by molar-refractivity contribution is -0.274. The number of rotatable bonds is 1. The van der Waals surface area contributed by atoms with Gasteiger partial charge in [0.05, 0.1) is 0 Å². The van der Waals surface area contributed by atoms with Gasteiger partial charge in [-0.1, -0.05) is 6.42 Å². The Morgan fingerprint density at radius 2 is 1.83 bits per heavy atom. The van der Waals surface area contributed by atoms with Crippen molar-refractivity contribution in [1.82, 2.24) is 0 Å². The van der Waals surface area contributed by atoms with Gasteiger partial charge in [0, 0.05) is 12.2 Å². The average Bonchev–Trinajstić information content (AvgIpc) is 2.91. The van der Waals surface area contributed by atoms with E-state index in [1.807, 2.05) is 0 Å². The number of nitrogens with zero attached hydrogens (tertiary/aromatic N) is 1. The minimum absolute atomic E-state index is 0.00926. The van der Waals surface area contributed by atoms with Crippen molar-refractivity contribution in [3.8, 4) is 5.75 Å². The molecule has 2 atom stereocenters. The zero-order valence-corrected chi connectivity index (χ0v) is 12.2. The van der Waals surface area contributed by atoms with E-state index < -0.39 is 24.2 Å². The SMILES string of the molecule is O=C(N1CC2CCCC2c2cc(OC(F)(F)F)ccc21)C(F)(F)F. The van der Waals surface area contributed by atoms with Crippen molar-refractivity contribution in [2.45, 2.75) is 37.7 Å². The molecule has 3 rings (SSSR count). The topological polar surface area (TPSA) is 29.5 Å². The number of alkyl halides is 6. The van der Waals surface area contributed by atoms with Crippen LogP contribution in [0.25, 0.3) is 0 Å². The summed E-state index contributed by atoms with van der Waals surface area (Å²) in [4.78, 5) is 12.3. The van der Waals surface area contributed by atoms with Crippen molar-refractivity contribution in [1.29, 1.82) is 0 Å². The molecule has 1 fully saturated rings. The van der Waals surface area contributed by atoms with Gasteiger partial charge in [-0.05, 0) is 48.4 Å². The van der Waals surface area contributed by atoms with E-state index in [0.29, 0.717) is 23.3 Å². The number of hydrogen-bond acceptors (Lipinski definition) is 2. The zero-order chi connectivity index (χ0) is 17.7. The summed E-state index contributed by atoms with van der Waals surface area (Å²) in [6.07, 6.45) is -7.87. The Labute approximate surface area is 133 Å². The molecular weight excluding hydrogens is 340 g/mol. The van der Waals surface area contributed by atoms with Crippen LogP contribution in [0.3, 0.4) is 0 Å². The number of benzene rings is 1. The third-order valence-corrected chi connectivity index (χ3v) is 4.49. The number of ether oxygens (including phenoxy) is 1. The molecule has 1 amide bonds. The second-order valence-electron chi connectivity index (χ2n) is 5.98.